The van der Waals surface area contributed by atoms with Gasteiger partial charge in [0.1, 0.15) is 0 Å². The van der Waals surface area contributed by atoms with E-state index in [0.717, 1.165) is 25.9 Å². The molecular formula is C16H26N2O2S. The van der Waals surface area contributed by atoms with Crippen molar-refractivity contribution >= 4 is 9.84 Å². The van der Waals surface area contributed by atoms with Gasteiger partial charge < -0.3 is 10.2 Å². The Morgan fingerprint density at radius 3 is 2.57 bits per heavy atom. The van der Waals surface area contributed by atoms with Crippen molar-refractivity contribution in [3.05, 3.63) is 35.4 Å². The SMILES string of the molecule is CNC(CCN1CCCS(=O)(=O)CC1)c1ccc(C)cc1. The lowest BCUT2D eigenvalue weighted by Crippen LogP contribution is -2.31. The fraction of sp³-hybridized carbons (Fsp3) is 0.625. The number of nitrogens with one attached hydrogen (secondary N) is 1. The van der Waals surface area contributed by atoms with Crippen LogP contribution in [0.4, 0.5) is 0 Å². The summed E-state index contributed by atoms with van der Waals surface area (Å²) in [6, 6.07) is 8.94. The summed E-state index contributed by atoms with van der Waals surface area (Å²) in [5.41, 5.74) is 2.57. The predicted molar refractivity (Wildman–Crippen MR) is 87.3 cm³/mol. The zero-order chi connectivity index (χ0) is 15.3. The molecule has 0 amide bonds. The van der Waals surface area contributed by atoms with Gasteiger partial charge in [-0.2, -0.15) is 0 Å². The van der Waals surface area contributed by atoms with Gasteiger partial charge in [0, 0.05) is 12.6 Å². The summed E-state index contributed by atoms with van der Waals surface area (Å²) >= 11 is 0. The number of hydrogen-bond donors (Lipinski definition) is 1. The molecule has 1 aromatic carbocycles. The van der Waals surface area contributed by atoms with E-state index in [9.17, 15) is 8.42 Å². The topological polar surface area (TPSA) is 49.4 Å². The van der Waals surface area contributed by atoms with Gasteiger partial charge in [0.15, 0.2) is 9.84 Å². The van der Waals surface area contributed by atoms with Gasteiger partial charge in [-0.1, -0.05) is 29.8 Å². The molecule has 0 aliphatic carbocycles. The van der Waals surface area contributed by atoms with Gasteiger partial charge in [-0.25, -0.2) is 8.42 Å². The van der Waals surface area contributed by atoms with Crippen molar-refractivity contribution in [3.8, 4) is 0 Å². The summed E-state index contributed by atoms with van der Waals surface area (Å²) in [5.74, 6) is 0.651. The van der Waals surface area contributed by atoms with E-state index in [2.05, 4.69) is 41.4 Å². The first-order valence-electron chi connectivity index (χ1n) is 7.67. The average molecular weight is 310 g/mol. The van der Waals surface area contributed by atoms with Crippen molar-refractivity contribution in [3.63, 3.8) is 0 Å². The van der Waals surface area contributed by atoms with Crippen molar-refractivity contribution in [2.75, 3.05) is 38.2 Å². The van der Waals surface area contributed by atoms with Crippen LogP contribution in [-0.4, -0.2) is 51.5 Å². The molecule has 0 saturated carbocycles. The lowest BCUT2D eigenvalue weighted by Gasteiger charge is -2.23. The third kappa shape index (κ3) is 5.09. The molecule has 1 aliphatic rings. The minimum absolute atomic E-state index is 0.307. The summed E-state index contributed by atoms with van der Waals surface area (Å²) in [5, 5.41) is 3.36. The van der Waals surface area contributed by atoms with Gasteiger partial charge in [-0.15, -0.1) is 0 Å². The Balaban J connectivity index is 1.89. The van der Waals surface area contributed by atoms with E-state index in [1.165, 1.54) is 11.1 Å². The summed E-state index contributed by atoms with van der Waals surface area (Å²) < 4.78 is 23.2. The Morgan fingerprint density at radius 1 is 1.19 bits per heavy atom. The van der Waals surface area contributed by atoms with Crippen LogP contribution in [0.3, 0.4) is 0 Å². The maximum Gasteiger partial charge on any atom is 0.151 e. The normalized spacial score (nSPS) is 20.9. The van der Waals surface area contributed by atoms with Crippen LogP contribution in [-0.2, 0) is 9.84 Å². The number of nitrogens with zero attached hydrogens (tertiary/aromatic N) is 1. The van der Waals surface area contributed by atoms with Crippen LogP contribution < -0.4 is 5.32 Å². The lowest BCUT2D eigenvalue weighted by atomic mass is 10.0. The van der Waals surface area contributed by atoms with Crippen LogP contribution >= 0.6 is 0 Å². The Kier molecular flexibility index (Phi) is 5.79. The molecule has 1 heterocycles. The molecule has 21 heavy (non-hydrogen) atoms. The molecule has 0 aromatic heterocycles. The smallest absolute Gasteiger partial charge is 0.151 e. The molecule has 0 radical (unpaired) electrons. The fourth-order valence-electron chi connectivity index (χ4n) is 2.80. The second kappa shape index (κ2) is 7.38. The number of aryl methyl sites for hydroxylation is 1. The largest absolute Gasteiger partial charge is 0.313 e. The van der Waals surface area contributed by atoms with Crippen LogP contribution in [0.25, 0.3) is 0 Å². The zero-order valence-corrected chi connectivity index (χ0v) is 13.8. The molecule has 1 fully saturated rings. The molecule has 1 aromatic rings. The van der Waals surface area contributed by atoms with Crippen LogP contribution in [0.5, 0.6) is 0 Å². The monoisotopic (exact) mass is 310 g/mol. The quantitative estimate of drug-likeness (QED) is 0.900. The lowest BCUT2D eigenvalue weighted by molar-refractivity contribution is 0.277. The van der Waals surface area contributed by atoms with Gasteiger partial charge in [0.05, 0.1) is 11.5 Å². The average Bonchev–Trinajstić information content (AvgIpc) is 2.62. The third-order valence-electron chi connectivity index (χ3n) is 4.21. The highest BCUT2D eigenvalue weighted by molar-refractivity contribution is 7.91. The van der Waals surface area contributed by atoms with Crippen molar-refractivity contribution in [1.82, 2.24) is 10.2 Å². The van der Waals surface area contributed by atoms with Crippen molar-refractivity contribution in [2.45, 2.75) is 25.8 Å². The van der Waals surface area contributed by atoms with Crippen LogP contribution in [0.2, 0.25) is 0 Å². The number of rotatable bonds is 5. The summed E-state index contributed by atoms with van der Waals surface area (Å²) in [6.07, 6.45) is 1.76. The molecular weight excluding hydrogens is 284 g/mol. The van der Waals surface area contributed by atoms with E-state index in [0.29, 0.717) is 24.1 Å². The molecule has 1 aliphatic heterocycles. The number of sulfone groups is 1. The number of hydrogen-bond acceptors (Lipinski definition) is 4. The molecule has 4 nitrogen and oxygen atoms in total. The first kappa shape index (κ1) is 16.5. The van der Waals surface area contributed by atoms with E-state index in [1.54, 1.807) is 0 Å². The Bertz CT molecular complexity index is 540. The zero-order valence-electron chi connectivity index (χ0n) is 13.0. The Labute approximate surface area is 128 Å². The molecule has 2 rings (SSSR count). The second-order valence-corrected chi connectivity index (χ2v) is 8.19. The van der Waals surface area contributed by atoms with Crippen molar-refractivity contribution in [2.24, 2.45) is 0 Å². The van der Waals surface area contributed by atoms with Gasteiger partial charge in [0.2, 0.25) is 0 Å². The summed E-state index contributed by atoms with van der Waals surface area (Å²) in [4.78, 5) is 2.28. The van der Waals surface area contributed by atoms with E-state index in [4.69, 9.17) is 0 Å². The first-order valence-corrected chi connectivity index (χ1v) is 9.49. The maximum absolute atomic E-state index is 11.6. The van der Waals surface area contributed by atoms with E-state index < -0.39 is 9.84 Å². The van der Waals surface area contributed by atoms with Crippen LogP contribution in [0, 0.1) is 6.92 Å². The molecule has 1 atom stereocenters. The second-order valence-electron chi connectivity index (χ2n) is 5.89. The third-order valence-corrected chi connectivity index (χ3v) is 5.93. The molecule has 5 heteroatoms. The molecule has 1 N–H and O–H groups in total. The van der Waals surface area contributed by atoms with Crippen molar-refractivity contribution < 1.29 is 8.42 Å². The highest BCUT2D eigenvalue weighted by atomic mass is 32.2. The molecule has 118 valence electrons. The molecule has 1 saturated heterocycles. The molecule has 1 unspecified atom stereocenters. The van der Waals surface area contributed by atoms with Crippen LogP contribution in [0.15, 0.2) is 24.3 Å². The Morgan fingerprint density at radius 2 is 1.90 bits per heavy atom. The minimum Gasteiger partial charge on any atom is -0.313 e. The number of benzene rings is 1. The van der Waals surface area contributed by atoms with E-state index in [1.807, 2.05) is 7.05 Å². The van der Waals surface area contributed by atoms with Crippen LogP contribution in [0.1, 0.15) is 30.0 Å². The molecule has 0 bridgehead atoms. The summed E-state index contributed by atoms with van der Waals surface area (Å²) in [7, 11) is -0.827. The van der Waals surface area contributed by atoms with E-state index in [-0.39, 0.29) is 0 Å². The maximum atomic E-state index is 11.6. The molecule has 0 spiro atoms. The fourth-order valence-corrected chi connectivity index (χ4v) is 4.11. The van der Waals surface area contributed by atoms with Crippen molar-refractivity contribution in [1.29, 1.82) is 0 Å². The van der Waals surface area contributed by atoms with Gasteiger partial charge in [0.25, 0.3) is 0 Å². The minimum atomic E-state index is -2.81. The first-order chi connectivity index (χ1) is 10.00. The highest BCUT2D eigenvalue weighted by Crippen LogP contribution is 2.18. The Hall–Kier alpha value is -0.910. The predicted octanol–water partition coefficient (Wildman–Crippen LogP) is 1.77. The standard InChI is InChI=1S/C16H26N2O2S/c1-14-4-6-15(7-5-14)16(17-2)8-10-18-9-3-12-21(19,20)13-11-18/h4-7,16-17H,3,8-13H2,1-2H3. The van der Waals surface area contributed by atoms with Gasteiger partial charge in [-0.05, 0) is 45.5 Å². The van der Waals surface area contributed by atoms with Gasteiger partial charge in [-0.3, -0.25) is 0 Å². The van der Waals surface area contributed by atoms with Gasteiger partial charge >= 0.3 is 0 Å². The highest BCUT2D eigenvalue weighted by Gasteiger charge is 2.19. The summed E-state index contributed by atoms with van der Waals surface area (Å²) in [6.45, 7) is 4.60. The van der Waals surface area contributed by atoms with E-state index >= 15 is 0 Å².